The van der Waals surface area contributed by atoms with Crippen LogP contribution in [0.15, 0.2) is 21.7 Å². The number of nitrogens with two attached hydrogens (primary N) is 1. The molecule has 7 heteroatoms. The van der Waals surface area contributed by atoms with Crippen LogP contribution in [0.5, 0.6) is 0 Å². The fourth-order valence-electron chi connectivity index (χ4n) is 2.32. The van der Waals surface area contributed by atoms with Crippen molar-refractivity contribution in [3.63, 3.8) is 0 Å². The standard InChI is InChI=1S/C12H12FN3O2.ClH/c1-6-4-7(13)5-9-10(6)15(8-2-3-8)12(18)16(14)11(9)17;/h4-5,8H,2-3,14H2,1H3;1H. The van der Waals surface area contributed by atoms with Crippen LogP contribution >= 0.6 is 12.4 Å². The van der Waals surface area contributed by atoms with Crippen LogP contribution in [0, 0.1) is 12.7 Å². The molecule has 0 saturated heterocycles. The number of benzene rings is 1. The minimum atomic E-state index is -0.658. The van der Waals surface area contributed by atoms with Crippen LogP contribution in [0.2, 0.25) is 0 Å². The molecule has 3 rings (SSSR count). The van der Waals surface area contributed by atoms with Crippen molar-refractivity contribution in [2.45, 2.75) is 25.8 Å². The highest BCUT2D eigenvalue weighted by Gasteiger charge is 2.28. The van der Waals surface area contributed by atoms with E-state index >= 15 is 0 Å². The second-order valence-corrected chi connectivity index (χ2v) is 4.68. The number of aromatic nitrogens is 2. The molecule has 1 saturated carbocycles. The van der Waals surface area contributed by atoms with Crippen LogP contribution < -0.4 is 17.1 Å². The molecule has 1 aromatic heterocycles. The Hall–Kier alpha value is -1.82. The smallest absolute Gasteiger partial charge is 0.332 e. The highest BCUT2D eigenvalue weighted by molar-refractivity contribution is 5.85. The summed E-state index contributed by atoms with van der Waals surface area (Å²) in [7, 11) is 0. The van der Waals surface area contributed by atoms with Crippen molar-refractivity contribution in [1.82, 2.24) is 9.24 Å². The van der Waals surface area contributed by atoms with E-state index in [2.05, 4.69) is 0 Å². The number of nitrogens with zero attached hydrogens (tertiary/aromatic N) is 2. The largest absolute Gasteiger partial charge is 0.350 e. The van der Waals surface area contributed by atoms with Crippen molar-refractivity contribution in [2.75, 3.05) is 5.84 Å². The molecule has 102 valence electrons. The normalized spacial score (nSPS) is 14.4. The second kappa shape index (κ2) is 4.38. The Bertz CT molecular complexity index is 777. The fourth-order valence-corrected chi connectivity index (χ4v) is 2.32. The average molecular weight is 286 g/mol. The number of fused-ring (bicyclic) bond motifs is 1. The van der Waals surface area contributed by atoms with Crippen LogP contribution in [0.4, 0.5) is 4.39 Å². The van der Waals surface area contributed by atoms with Crippen LogP contribution in [0.1, 0.15) is 24.4 Å². The number of rotatable bonds is 1. The van der Waals surface area contributed by atoms with E-state index in [4.69, 9.17) is 5.84 Å². The van der Waals surface area contributed by atoms with Crippen LogP contribution in [0.25, 0.3) is 10.9 Å². The summed E-state index contributed by atoms with van der Waals surface area (Å²) in [4.78, 5) is 23.9. The molecule has 1 aromatic carbocycles. The Kier molecular flexibility index (Phi) is 3.14. The highest BCUT2D eigenvalue weighted by Crippen LogP contribution is 2.35. The molecule has 5 nitrogen and oxygen atoms in total. The number of nitrogen functional groups attached to an aromatic ring is 1. The molecule has 1 aliphatic carbocycles. The van der Waals surface area contributed by atoms with Gasteiger partial charge in [-0.25, -0.2) is 9.18 Å². The minimum absolute atomic E-state index is 0. The Morgan fingerprint density at radius 1 is 1.32 bits per heavy atom. The molecular weight excluding hydrogens is 273 g/mol. The summed E-state index contributed by atoms with van der Waals surface area (Å²) in [5, 5.41) is 0.154. The van der Waals surface area contributed by atoms with Gasteiger partial charge in [-0.05, 0) is 37.5 Å². The van der Waals surface area contributed by atoms with Gasteiger partial charge in [0.2, 0.25) is 0 Å². The SMILES string of the molecule is Cc1cc(F)cc2c(=O)n(N)c(=O)n(C3CC3)c12.Cl. The first kappa shape index (κ1) is 13.6. The summed E-state index contributed by atoms with van der Waals surface area (Å²) in [6, 6.07) is 2.52. The van der Waals surface area contributed by atoms with E-state index in [0.29, 0.717) is 15.8 Å². The zero-order valence-electron chi connectivity index (χ0n) is 10.2. The maximum atomic E-state index is 13.4. The Morgan fingerprint density at radius 3 is 2.53 bits per heavy atom. The lowest BCUT2D eigenvalue weighted by molar-refractivity contribution is 0.623. The summed E-state index contributed by atoms with van der Waals surface area (Å²) >= 11 is 0. The van der Waals surface area contributed by atoms with Crippen molar-refractivity contribution in [3.8, 4) is 0 Å². The summed E-state index contributed by atoms with van der Waals surface area (Å²) in [5.41, 5.74) is -0.124. The monoisotopic (exact) mass is 285 g/mol. The molecule has 0 amide bonds. The molecular formula is C12H13ClFN3O2. The molecule has 0 aliphatic heterocycles. The molecule has 19 heavy (non-hydrogen) atoms. The molecule has 0 unspecified atom stereocenters. The first-order chi connectivity index (χ1) is 8.50. The van der Waals surface area contributed by atoms with E-state index in [-0.39, 0.29) is 23.8 Å². The van der Waals surface area contributed by atoms with Gasteiger partial charge in [-0.3, -0.25) is 9.36 Å². The lowest BCUT2D eigenvalue weighted by atomic mass is 10.1. The minimum Gasteiger partial charge on any atom is -0.332 e. The first-order valence-corrected chi connectivity index (χ1v) is 5.73. The van der Waals surface area contributed by atoms with E-state index in [0.717, 1.165) is 18.9 Å². The third kappa shape index (κ3) is 1.92. The molecule has 0 radical (unpaired) electrons. The van der Waals surface area contributed by atoms with E-state index < -0.39 is 17.1 Å². The van der Waals surface area contributed by atoms with Gasteiger partial charge in [0.25, 0.3) is 5.56 Å². The topological polar surface area (TPSA) is 70.0 Å². The van der Waals surface area contributed by atoms with Crippen LogP contribution in [0.3, 0.4) is 0 Å². The predicted octanol–water partition coefficient (Wildman–Crippen LogP) is 1.08. The fraction of sp³-hybridized carbons (Fsp3) is 0.333. The third-order valence-electron chi connectivity index (χ3n) is 3.28. The Morgan fingerprint density at radius 2 is 1.95 bits per heavy atom. The van der Waals surface area contributed by atoms with Crippen molar-refractivity contribution >= 4 is 23.3 Å². The summed E-state index contributed by atoms with van der Waals surface area (Å²) in [5.74, 6) is 4.96. The van der Waals surface area contributed by atoms with Crippen LogP contribution in [-0.2, 0) is 0 Å². The molecule has 2 aromatic rings. The average Bonchev–Trinajstić information content (AvgIpc) is 3.12. The first-order valence-electron chi connectivity index (χ1n) is 5.73. The van der Waals surface area contributed by atoms with Gasteiger partial charge in [0, 0.05) is 6.04 Å². The van der Waals surface area contributed by atoms with E-state index in [1.165, 1.54) is 10.6 Å². The molecule has 0 atom stereocenters. The van der Waals surface area contributed by atoms with Gasteiger partial charge >= 0.3 is 5.69 Å². The Labute approximate surface area is 113 Å². The number of aryl methyl sites for hydroxylation is 1. The zero-order chi connectivity index (χ0) is 13.0. The lowest BCUT2D eigenvalue weighted by Gasteiger charge is -2.12. The van der Waals surface area contributed by atoms with Gasteiger partial charge in [0.15, 0.2) is 0 Å². The molecule has 0 bridgehead atoms. The third-order valence-corrected chi connectivity index (χ3v) is 3.28. The molecule has 1 aliphatic rings. The van der Waals surface area contributed by atoms with E-state index in [9.17, 15) is 14.0 Å². The summed E-state index contributed by atoms with van der Waals surface area (Å²) in [6.45, 7) is 1.68. The molecule has 1 fully saturated rings. The molecule has 1 heterocycles. The summed E-state index contributed by atoms with van der Waals surface area (Å²) in [6.07, 6.45) is 1.76. The summed E-state index contributed by atoms with van der Waals surface area (Å²) < 4.78 is 15.4. The predicted molar refractivity (Wildman–Crippen MR) is 72.8 cm³/mol. The van der Waals surface area contributed by atoms with Gasteiger partial charge < -0.3 is 5.84 Å². The second-order valence-electron chi connectivity index (χ2n) is 4.68. The Balaban J connectivity index is 0.00000133. The highest BCUT2D eigenvalue weighted by atomic mass is 35.5. The van der Waals surface area contributed by atoms with Gasteiger partial charge in [0.1, 0.15) is 5.82 Å². The zero-order valence-corrected chi connectivity index (χ0v) is 11.0. The van der Waals surface area contributed by atoms with Crippen molar-refractivity contribution < 1.29 is 4.39 Å². The van der Waals surface area contributed by atoms with Crippen molar-refractivity contribution in [1.29, 1.82) is 0 Å². The number of halogens is 2. The molecule has 0 spiro atoms. The lowest BCUT2D eigenvalue weighted by Crippen LogP contribution is -2.44. The maximum absolute atomic E-state index is 13.4. The van der Waals surface area contributed by atoms with E-state index in [1.807, 2.05) is 0 Å². The maximum Gasteiger partial charge on any atom is 0.350 e. The van der Waals surface area contributed by atoms with Gasteiger partial charge in [0.05, 0.1) is 10.9 Å². The van der Waals surface area contributed by atoms with E-state index in [1.54, 1.807) is 6.92 Å². The molecule has 2 N–H and O–H groups in total. The van der Waals surface area contributed by atoms with Crippen molar-refractivity contribution in [3.05, 3.63) is 44.4 Å². The van der Waals surface area contributed by atoms with Gasteiger partial charge in [-0.2, -0.15) is 4.68 Å². The van der Waals surface area contributed by atoms with Gasteiger partial charge in [-0.15, -0.1) is 12.4 Å². The number of hydrogen-bond acceptors (Lipinski definition) is 3. The van der Waals surface area contributed by atoms with Gasteiger partial charge in [-0.1, -0.05) is 0 Å². The quantitative estimate of drug-likeness (QED) is 0.797. The van der Waals surface area contributed by atoms with Crippen molar-refractivity contribution in [2.24, 2.45) is 0 Å². The number of hydrogen-bond donors (Lipinski definition) is 1. The van der Waals surface area contributed by atoms with Crippen LogP contribution in [-0.4, -0.2) is 9.24 Å².